The first kappa shape index (κ1) is 17.1. The molecule has 0 fully saturated rings. The zero-order chi connectivity index (χ0) is 19.0. The molecule has 5 heteroatoms. The summed E-state index contributed by atoms with van der Waals surface area (Å²) in [6.45, 7) is 0. The van der Waals surface area contributed by atoms with Crippen LogP contribution in [0.25, 0.3) is 21.5 Å². The molecule has 0 amide bonds. The number of hydrogen-bond acceptors (Lipinski definition) is 4. The van der Waals surface area contributed by atoms with Gasteiger partial charge in [-0.25, -0.2) is 4.79 Å². The zero-order valence-corrected chi connectivity index (χ0v) is 14.9. The first-order valence-electron chi connectivity index (χ1n) is 8.22. The van der Waals surface area contributed by atoms with Gasteiger partial charge in [-0.05, 0) is 46.5 Å². The van der Waals surface area contributed by atoms with E-state index in [2.05, 4.69) is 0 Å². The number of aromatic hydroxyl groups is 1. The second-order valence-electron chi connectivity index (χ2n) is 6.07. The Labute approximate surface area is 159 Å². The van der Waals surface area contributed by atoms with E-state index in [4.69, 9.17) is 0 Å². The molecule has 0 radical (unpaired) electrons. The molecule has 0 spiro atoms. The van der Waals surface area contributed by atoms with Crippen molar-refractivity contribution in [1.29, 1.82) is 0 Å². The lowest BCUT2D eigenvalue weighted by molar-refractivity contribution is 0.0696. The van der Waals surface area contributed by atoms with Crippen LogP contribution in [0.4, 0.5) is 0 Å². The number of aldehydes is 1. The molecule has 0 unspecified atom stereocenters. The molecular weight excluding hydrogens is 360 g/mol. The Kier molecular flexibility index (Phi) is 4.30. The number of carbonyl (C=O) groups is 2. The molecule has 0 saturated carbocycles. The van der Waals surface area contributed by atoms with Crippen LogP contribution >= 0.6 is 11.8 Å². The molecule has 2 N–H and O–H groups in total. The number of hydrogen-bond donors (Lipinski definition) is 2. The molecule has 0 heterocycles. The van der Waals surface area contributed by atoms with E-state index in [0.29, 0.717) is 22.0 Å². The minimum Gasteiger partial charge on any atom is -0.508 e. The van der Waals surface area contributed by atoms with E-state index in [1.165, 1.54) is 30.0 Å². The lowest BCUT2D eigenvalue weighted by Crippen LogP contribution is -2.04. The van der Waals surface area contributed by atoms with Gasteiger partial charge in [-0.2, -0.15) is 0 Å². The molecule has 132 valence electrons. The van der Waals surface area contributed by atoms with Crippen LogP contribution in [0.5, 0.6) is 5.75 Å². The van der Waals surface area contributed by atoms with Gasteiger partial charge in [-0.1, -0.05) is 48.2 Å². The average Bonchev–Trinajstić information content (AvgIpc) is 2.67. The van der Waals surface area contributed by atoms with E-state index in [1.54, 1.807) is 6.07 Å². The molecule has 4 nitrogen and oxygen atoms in total. The molecule has 4 aromatic carbocycles. The molecule has 0 bridgehead atoms. The lowest BCUT2D eigenvalue weighted by Gasteiger charge is -2.13. The van der Waals surface area contributed by atoms with Crippen LogP contribution in [0, 0.1) is 0 Å². The molecule has 0 atom stereocenters. The Hall–Kier alpha value is -3.31. The summed E-state index contributed by atoms with van der Waals surface area (Å²) >= 11 is 1.44. The predicted molar refractivity (Wildman–Crippen MR) is 106 cm³/mol. The lowest BCUT2D eigenvalue weighted by atomic mass is 9.99. The summed E-state index contributed by atoms with van der Waals surface area (Å²) in [4.78, 5) is 24.9. The third-order valence-corrected chi connectivity index (χ3v) is 5.56. The van der Waals surface area contributed by atoms with Crippen LogP contribution in [-0.2, 0) is 0 Å². The van der Waals surface area contributed by atoms with Crippen molar-refractivity contribution in [3.8, 4) is 5.75 Å². The molecule has 27 heavy (non-hydrogen) atoms. The fourth-order valence-corrected chi connectivity index (χ4v) is 4.36. The van der Waals surface area contributed by atoms with Crippen molar-refractivity contribution in [2.75, 3.05) is 0 Å². The van der Waals surface area contributed by atoms with Crippen LogP contribution in [-0.4, -0.2) is 22.5 Å². The minimum absolute atomic E-state index is 0.0393. The SMILES string of the molecule is O=Cc1cc(Sc2cccc3ccccc23)c2cc(O)ccc2c1C(=O)O. The van der Waals surface area contributed by atoms with Gasteiger partial charge in [0.25, 0.3) is 0 Å². The molecule has 0 aliphatic rings. The van der Waals surface area contributed by atoms with Crippen molar-refractivity contribution in [2.45, 2.75) is 9.79 Å². The van der Waals surface area contributed by atoms with Crippen molar-refractivity contribution >= 4 is 45.6 Å². The van der Waals surface area contributed by atoms with E-state index in [-0.39, 0.29) is 16.9 Å². The topological polar surface area (TPSA) is 74.6 Å². The second-order valence-corrected chi connectivity index (χ2v) is 7.15. The summed E-state index contributed by atoms with van der Waals surface area (Å²) in [5, 5.41) is 22.7. The highest BCUT2D eigenvalue weighted by molar-refractivity contribution is 7.99. The molecule has 0 aliphatic heterocycles. The highest BCUT2D eigenvalue weighted by Crippen LogP contribution is 2.40. The molecular formula is C22H14O4S. The van der Waals surface area contributed by atoms with Gasteiger partial charge < -0.3 is 10.2 Å². The number of benzene rings is 4. The number of carboxylic acids is 1. The third-order valence-electron chi connectivity index (χ3n) is 4.42. The number of fused-ring (bicyclic) bond motifs is 2. The van der Waals surface area contributed by atoms with E-state index < -0.39 is 5.97 Å². The maximum absolute atomic E-state index is 11.7. The Morgan fingerprint density at radius 3 is 2.41 bits per heavy atom. The number of rotatable bonds is 4. The second kappa shape index (κ2) is 6.78. The van der Waals surface area contributed by atoms with E-state index >= 15 is 0 Å². The van der Waals surface area contributed by atoms with Gasteiger partial charge in [0, 0.05) is 20.7 Å². The summed E-state index contributed by atoms with van der Waals surface area (Å²) in [6, 6.07) is 20.0. The van der Waals surface area contributed by atoms with E-state index in [1.807, 2.05) is 42.5 Å². The molecule has 0 aromatic heterocycles. The first-order chi connectivity index (χ1) is 13.1. The van der Waals surface area contributed by atoms with Crippen molar-refractivity contribution in [3.63, 3.8) is 0 Å². The number of phenolic OH excluding ortho intramolecular Hbond substituents is 1. The van der Waals surface area contributed by atoms with Gasteiger partial charge in [-0.3, -0.25) is 4.79 Å². The summed E-state index contributed by atoms with van der Waals surface area (Å²) in [5.41, 5.74) is 0.0608. The monoisotopic (exact) mass is 374 g/mol. The van der Waals surface area contributed by atoms with Gasteiger partial charge in [0.05, 0.1) is 5.56 Å². The van der Waals surface area contributed by atoms with Crippen molar-refractivity contribution in [2.24, 2.45) is 0 Å². The van der Waals surface area contributed by atoms with Gasteiger partial charge in [0.2, 0.25) is 0 Å². The van der Waals surface area contributed by atoms with Crippen LogP contribution in [0.3, 0.4) is 0 Å². The Morgan fingerprint density at radius 1 is 0.852 bits per heavy atom. The highest BCUT2D eigenvalue weighted by Gasteiger charge is 2.18. The van der Waals surface area contributed by atoms with Crippen LogP contribution < -0.4 is 0 Å². The normalized spacial score (nSPS) is 11.0. The number of phenols is 1. The molecule has 4 rings (SSSR count). The Balaban J connectivity index is 1.98. The highest BCUT2D eigenvalue weighted by atomic mass is 32.2. The minimum atomic E-state index is -1.17. The Morgan fingerprint density at radius 2 is 1.63 bits per heavy atom. The van der Waals surface area contributed by atoms with E-state index in [9.17, 15) is 19.8 Å². The first-order valence-corrected chi connectivity index (χ1v) is 9.04. The number of carbonyl (C=O) groups excluding carboxylic acids is 1. The predicted octanol–water partition coefficient (Wildman–Crippen LogP) is 5.36. The van der Waals surface area contributed by atoms with Gasteiger partial charge in [0.1, 0.15) is 5.75 Å². The van der Waals surface area contributed by atoms with Crippen molar-refractivity contribution in [1.82, 2.24) is 0 Å². The maximum Gasteiger partial charge on any atom is 0.337 e. The Bertz CT molecular complexity index is 1210. The summed E-state index contributed by atoms with van der Waals surface area (Å²) in [6.07, 6.45) is 0.558. The fourth-order valence-electron chi connectivity index (χ4n) is 3.22. The average molecular weight is 374 g/mol. The van der Waals surface area contributed by atoms with Gasteiger partial charge in [-0.15, -0.1) is 0 Å². The molecule has 0 saturated heterocycles. The maximum atomic E-state index is 11.7. The molecule has 0 aliphatic carbocycles. The molecule has 4 aromatic rings. The fraction of sp³-hybridized carbons (Fsp3) is 0. The van der Waals surface area contributed by atoms with Crippen LogP contribution in [0.1, 0.15) is 20.7 Å². The number of carboxylic acid groups (broad SMARTS) is 1. The van der Waals surface area contributed by atoms with Crippen LogP contribution in [0.15, 0.2) is 76.5 Å². The smallest absolute Gasteiger partial charge is 0.337 e. The van der Waals surface area contributed by atoms with E-state index in [0.717, 1.165) is 15.7 Å². The summed E-state index contributed by atoms with van der Waals surface area (Å²) in [7, 11) is 0. The standard InChI is InChI=1S/C22H14O4S/c23-12-14-10-20(18-11-15(24)8-9-17(18)21(14)22(25)26)27-19-7-3-5-13-4-1-2-6-16(13)19/h1-12,24H,(H,25,26). The van der Waals surface area contributed by atoms with Gasteiger partial charge in [0.15, 0.2) is 6.29 Å². The van der Waals surface area contributed by atoms with Gasteiger partial charge >= 0.3 is 5.97 Å². The number of aromatic carboxylic acids is 1. The summed E-state index contributed by atoms with van der Waals surface area (Å²) < 4.78 is 0. The summed E-state index contributed by atoms with van der Waals surface area (Å²) in [5.74, 6) is -1.13. The largest absolute Gasteiger partial charge is 0.508 e. The quantitative estimate of drug-likeness (QED) is 0.470. The van der Waals surface area contributed by atoms with Crippen LogP contribution in [0.2, 0.25) is 0 Å². The third kappa shape index (κ3) is 3.02. The van der Waals surface area contributed by atoms with Crippen molar-refractivity contribution < 1.29 is 19.8 Å². The van der Waals surface area contributed by atoms with Crippen molar-refractivity contribution in [3.05, 3.63) is 77.9 Å². The zero-order valence-electron chi connectivity index (χ0n) is 14.0.